The van der Waals surface area contributed by atoms with Crippen molar-refractivity contribution in [3.63, 3.8) is 0 Å². The van der Waals surface area contributed by atoms with Crippen LogP contribution in [0.3, 0.4) is 0 Å². The summed E-state index contributed by atoms with van der Waals surface area (Å²) in [6.07, 6.45) is 6.48. The first kappa shape index (κ1) is 18.9. The molecule has 0 radical (unpaired) electrons. The van der Waals surface area contributed by atoms with E-state index in [1.54, 1.807) is 13.0 Å². The van der Waals surface area contributed by atoms with Gasteiger partial charge in [0.2, 0.25) is 11.8 Å². The number of carbonyl (C=O) groups excluding carboxylic acids is 2. The maximum atomic E-state index is 11.7. The van der Waals surface area contributed by atoms with Gasteiger partial charge in [-0.3, -0.25) is 9.59 Å². The van der Waals surface area contributed by atoms with Gasteiger partial charge in [-0.25, -0.2) is 4.79 Å². The first-order chi connectivity index (χ1) is 9.73. The Morgan fingerprint density at radius 1 is 1.24 bits per heavy atom. The number of carboxylic acid groups (broad SMARTS) is 1. The Kier molecular flexibility index (Phi) is 8.76. The van der Waals surface area contributed by atoms with Crippen LogP contribution in [0, 0.1) is 5.92 Å². The summed E-state index contributed by atoms with van der Waals surface area (Å²) in [5, 5.41) is 11.5. The second-order valence-corrected chi connectivity index (χ2v) is 5.23. The normalized spacial score (nSPS) is 13.5. The number of unbranched alkanes of at least 4 members (excludes halogenated alkanes) is 1. The van der Waals surface area contributed by atoms with Crippen LogP contribution in [-0.2, 0) is 14.4 Å². The molecule has 2 atom stereocenters. The Morgan fingerprint density at radius 2 is 1.86 bits per heavy atom. The molecule has 0 rings (SSSR count). The molecule has 0 spiro atoms. The zero-order chi connectivity index (χ0) is 16.4. The lowest BCUT2D eigenvalue weighted by Crippen LogP contribution is -2.45. The number of nitrogens with two attached hydrogens (primary N) is 1. The van der Waals surface area contributed by atoms with Crippen molar-refractivity contribution in [1.29, 1.82) is 0 Å². The van der Waals surface area contributed by atoms with Gasteiger partial charge in [0.05, 0.1) is 0 Å². The molecule has 0 aromatic heterocycles. The Balaban J connectivity index is 4.42. The number of amides is 2. The van der Waals surface area contributed by atoms with Gasteiger partial charge in [0.15, 0.2) is 0 Å². The highest BCUT2D eigenvalue weighted by molar-refractivity contribution is 5.91. The lowest BCUT2D eigenvalue weighted by molar-refractivity contribution is -0.143. The van der Waals surface area contributed by atoms with E-state index in [-0.39, 0.29) is 6.42 Å². The lowest BCUT2D eigenvalue weighted by atomic mass is 9.98. The van der Waals surface area contributed by atoms with Crippen molar-refractivity contribution in [2.24, 2.45) is 11.7 Å². The van der Waals surface area contributed by atoms with Crippen LogP contribution in [0.4, 0.5) is 0 Å². The molecule has 2 amide bonds. The van der Waals surface area contributed by atoms with Crippen LogP contribution in [0.25, 0.3) is 0 Å². The van der Waals surface area contributed by atoms with Gasteiger partial charge < -0.3 is 16.2 Å². The molecule has 0 aliphatic rings. The van der Waals surface area contributed by atoms with Crippen LogP contribution in [0.2, 0.25) is 0 Å². The van der Waals surface area contributed by atoms with E-state index in [1.165, 1.54) is 11.6 Å². The van der Waals surface area contributed by atoms with E-state index in [0.29, 0.717) is 6.42 Å². The summed E-state index contributed by atoms with van der Waals surface area (Å²) in [4.78, 5) is 33.6. The second kappa shape index (κ2) is 9.74. The van der Waals surface area contributed by atoms with E-state index in [9.17, 15) is 14.4 Å². The maximum absolute atomic E-state index is 11.7. The Hall–Kier alpha value is -2.11. The molecule has 0 saturated heterocycles. The molecule has 4 N–H and O–H groups in total. The smallest absolute Gasteiger partial charge is 0.326 e. The van der Waals surface area contributed by atoms with Crippen molar-refractivity contribution < 1.29 is 19.5 Å². The fourth-order valence-corrected chi connectivity index (χ4v) is 1.74. The van der Waals surface area contributed by atoms with Gasteiger partial charge in [0.1, 0.15) is 6.04 Å². The van der Waals surface area contributed by atoms with Crippen LogP contribution in [0.1, 0.15) is 40.0 Å². The van der Waals surface area contributed by atoms with Gasteiger partial charge in [-0.15, -0.1) is 0 Å². The summed E-state index contributed by atoms with van der Waals surface area (Å²) in [6, 6.07) is -1.13. The first-order valence-electron chi connectivity index (χ1n) is 6.85. The Bertz CT molecular complexity index is 437. The summed E-state index contributed by atoms with van der Waals surface area (Å²) in [5.74, 6) is -2.84. The SMILES string of the molecule is CC(C)=CCCC=CC(=O)NC(C(=O)O)C(C)CC(N)=O. The summed E-state index contributed by atoms with van der Waals surface area (Å²) in [7, 11) is 0. The molecule has 2 unspecified atom stereocenters. The zero-order valence-corrected chi connectivity index (χ0v) is 12.8. The van der Waals surface area contributed by atoms with Crippen molar-refractivity contribution in [1.82, 2.24) is 5.32 Å². The number of nitrogens with one attached hydrogen (secondary N) is 1. The minimum absolute atomic E-state index is 0.0957. The minimum Gasteiger partial charge on any atom is -0.480 e. The van der Waals surface area contributed by atoms with Crippen molar-refractivity contribution in [2.45, 2.75) is 46.1 Å². The molecular formula is C15H24N2O4. The number of carbonyl (C=O) groups is 3. The molecule has 0 heterocycles. The van der Waals surface area contributed by atoms with Gasteiger partial charge in [0.25, 0.3) is 0 Å². The summed E-state index contributed by atoms with van der Waals surface area (Å²) in [6.45, 7) is 5.55. The summed E-state index contributed by atoms with van der Waals surface area (Å²) in [5.41, 5.74) is 6.24. The minimum atomic E-state index is -1.19. The van der Waals surface area contributed by atoms with Crippen LogP contribution in [0.15, 0.2) is 23.8 Å². The average Bonchev–Trinajstić information content (AvgIpc) is 2.33. The van der Waals surface area contributed by atoms with Crippen LogP contribution >= 0.6 is 0 Å². The topological polar surface area (TPSA) is 109 Å². The molecule has 0 bridgehead atoms. The van der Waals surface area contributed by atoms with Crippen molar-refractivity contribution in [3.8, 4) is 0 Å². The second-order valence-electron chi connectivity index (χ2n) is 5.23. The maximum Gasteiger partial charge on any atom is 0.326 e. The summed E-state index contributed by atoms with van der Waals surface area (Å²) < 4.78 is 0. The van der Waals surface area contributed by atoms with Gasteiger partial charge >= 0.3 is 5.97 Å². The van der Waals surface area contributed by atoms with Gasteiger partial charge in [0, 0.05) is 6.42 Å². The third-order valence-corrected chi connectivity index (χ3v) is 2.81. The third kappa shape index (κ3) is 9.43. The molecule has 0 aliphatic carbocycles. The molecule has 0 fully saturated rings. The van der Waals surface area contributed by atoms with Crippen LogP contribution in [0.5, 0.6) is 0 Å². The highest BCUT2D eigenvalue weighted by atomic mass is 16.4. The van der Waals surface area contributed by atoms with E-state index in [2.05, 4.69) is 11.4 Å². The van der Waals surface area contributed by atoms with Gasteiger partial charge in [-0.1, -0.05) is 24.6 Å². The quantitative estimate of drug-likeness (QED) is 0.339. The Labute approximate surface area is 125 Å². The molecule has 21 heavy (non-hydrogen) atoms. The molecule has 0 saturated carbocycles. The van der Waals surface area contributed by atoms with E-state index in [4.69, 9.17) is 10.8 Å². The van der Waals surface area contributed by atoms with Gasteiger partial charge in [-0.2, -0.15) is 0 Å². The molecule has 0 aromatic carbocycles. The van der Waals surface area contributed by atoms with Crippen molar-refractivity contribution in [2.75, 3.05) is 0 Å². The van der Waals surface area contributed by atoms with Gasteiger partial charge in [-0.05, 0) is 38.7 Å². The molecule has 118 valence electrons. The van der Waals surface area contributed by atoms with E-state index < -0.39 is 29.7 Å². The predicted octanol–water partition coefficient (Wildman–Crippen LogP) is 1.37. The molecule has 6 heteroatoms. The Morgan fingerprint density at radius 3 is 2.33 bits per heavy atom. The predicted molar refractivity (Wildman–Crippen MR) is 80.3 cm³/mol. The molecule has 0 aromatic rings. The van der Waals surface area contributed by atoms with E-state index >= 15 is 0 Å². The number of allylic oxidation sites excluding steroid dienone is 3. The first-order valence-corrected chi connectivity index (χ1v) is 6.85. The largest absolute Gasteiger partial charge is 0.480 e. The number of aliphatic carboxylic acids is 1. The fraction of sp³-hybridized carbons (Fsp3) is 0.533. The van der Waals surface area contributed by atoms with E-state index in [0.717, 1.165) is 6.42 Å². The zero-order valence-electron chi connectivity index (χ0n) is 12.8. The number of carboxylic acids is 1. The van der Waals surface area contributed by atoms with Crippen LogP contribution < -0.4 is 11.1 Å². The van der Waals surface area contributed by atoms with Crippen molar-refractivity contribution >= 4 is 17.8 Å². The highest BCUT2D eigenvalue weighted by Gasteiger charge is 2.26. The average molecular weight is 296 g/mol. The number of hydrogen-bond acceptors (Lipinski definition) is 3. The monoisotopic (exact) mass is 296 g/mol. The fourth-order valence-electron chi connectivity index (χ4n) is 1.74. The van der Waals surface area contributed by atoms with Crippen molar-refractivity contribution in [3.05, 3.63) is 23.8 Å². The number of rotatable bonds is 9. The molecular weight excluding hydrogens is 272 g/mol. The standard InChI is InChI=1S/C15H24N2O4/c1-10(2)7-5-4-6-8-13(19)17-14(15(20)21)11(3)9-12(16)18/h6-8,11,14H,4-5,9H2,1-3H3,(H2,16,18)(H,17,19)(H,20,21). The third-order valence-electron chi connectivity index (χ3n) is 2.81. The summed E-state index contributed by atoms with van der Waals surface area (Å²) >= 11 is 0. The molecule has 6 nitrogen and oxygen atoms in total. The number of primary amides is 1. The molecule has 0 aliphatic heterocycles. The highest BCUT2D eigenvalue weighted by Crippen LogP contribution is 2.08. The van der Waals surface area contributed by atoms with Crippen LogP contribution in [-0.4, -0.2) is 28.9 Å². The number of hydrogen-bond donors (Lipinski definition) is 3. The lowest BCUT2D eigenvalue weighted by Gasteiger charge is -2.19. The van der Waals surface area contributed by atoms with E-state index in [1.807, 2.05) is 13.8 Å².